The van der Waals surface area contributed by atoms with E-state index in [0.29, 0.717) is 12.3 Å². The molecule has 0 aromatic carbocycles. The third kappa shape index (κ3) is 6.25. The van der Waals surface area contributed by atoms with E-state index in [4.69, 9.17) is 4.74 Å². The van der Waals surface area contributed by atoms with E-state index in [2.05, 4.69) is 15.3 Å². The maximum atomic E-state index is 12.7. The number of carbonyl (C=O) groups is 1. The van der Waals surface area contributed by atoms with E-state index < -0.39 is 13.0 Å². The maximum absolute atomic E-state index is 12.7. The first-order valence-corrected chi connectivity index (χ1v) is 9.68. The highest BCUT2D eigenvalue weighted by Crippen LogP contribution is 2.29. The van der Waals surface area contributed by atoms with Crippen LogP contribution < -0.4 is 10.1 Å². The Balaban J connectivity index is 1.66. The van der Waals surface area contributed by atoms with Gasteiger partial charge in [-0.1, -0.05) is 31.7 Å². The number of hydrogen-bond acceptors (Lipinski definition) is 4. The molecule has 0 aliphatic heterocycles. The predicted molar refractivity (Wildman–Crippen MR) is 102 cm³/mol. The van der Waals surface area contributed by atoms with E-state index in [1.54, 1.807) is 24.5 Å². The number of nitrogens with one attached hydrogen (secondary N) is 1. The van der Waals surface area contributed by atoms with E-state index in [1.807, 2.05) is 12.1 Å². The lowest BCUT2D eigenvalue weighted by Crippen LogP contribution is -2.38. The molecule has 0 radical (unpaired) electrons. The largest absolute Gasteiger partial charge is 0.472 e. The Morgan fingerprint density at radius 1 is 1.18 bits per heavy atom. The average molecular weight is 389 g/mol. The summed E-state index contributed by atoms with van der Waals surface area (Å²) in [5.41, 5.74) is 1.28. The second-order valence-electron chi connectivity index (χ2n) is 7.18. The fourth-order valence-corrected chi connectivity index (χ4v) is 3.67. The van der Waals surface area contributed by atoms with E-state index >= 15 is 0 Å². The summed E-state index contributed by atoms with van der Waals surface area (Å²) >= 11 is 0. The number of pyridine rings is 2. The molecule has 2 aromatic heterocycles. The Kier molecular flexibility index (Phi) is 7.28. The van der Waals surface area contributed by atoms with Crippen LogP contribution in [0.15, 0.2) is 42.7 Å². The van der Waals surface area contributed by atoms with Gasteiger partial charge in [-0.05, 0) is 42.5 Å². The molecule has 28 heavy (non-hydrogen) atoms. The quantitative estimate of drug-likeness (QED) is 0.703. The molecule has 1 fully saturated rings. The third-order valence-electron chi connectivity index (χ3n) is 4.97. The van der Waals surface area contributed by atoms with Gasteiger partial charge in [0.2, 0.25) is 5.88 Å². The summed E-state index contributed by atoms with van der Waals surface area (Å²) in [6.45, 7) is -0.746. The summed E-state index contributed by atoms with van der Waals surface area (Å²) < 4.78 is 29.5. The zero-order valence-corrected chi connectivity index (χ0v) is 15.7. The first-order chi connectivity index (χ1) is 13.6. The lowest BCUT2D eigenvalue weighted by atomic mass is 9.94. The van der Waals surface area contributed by atoms with Crippen molar-refractivity contribution in [1.82, 2.24) is 15.3 Å². The number of amides is 1. The van der Waals surface area contributed by atoms with Crippen molar-refractivity contribution < 1.29 is 18.3 Å². The number of hydrogen-bond donors (Lipinski definition) is 1. The number of nitrogens with zero attached hydrogens (tertiary/aromatic N) is 2. The minimum atomic E-state index is -2.59. The van der Waals surface area contributed by atoms with Gasteiger partial charge in [0.25, 0.3) is 12.3 Å². The Labute approximate surface area is 163 Å². The molecule has 2 aromatic rings. The molecule has 1 amide bonds. The van der Waals surface area contributed by atoms with Crippen LogP contribution in [-0.4, -0.2) is 34.9 Å². The topological polar surface area (TPSA) is 64.1 Å². The van der Waals surface area contributed by atoms with Crippen molar-refractivity contribution in [3.8, 4) is 5.88 Å². The van der Waals surface area contributed by atoms with Crippen molar-refractivity contribution >= 4 is 5.91 Å². The van der Waals surface area contributed by atoms with Gasteiger partial charge >= 0.3 is 0 Å². The Hall–Kier alpha value is -2.57. The molecule has 0 spiro atoms. The Morgan fingerprint density at radius 2 is 1.93 bits per heavy atom. The Morgan fingerprint density at radius 3 is 2.64 bits per heavy atom. The fraction of sp³-hybridized carbons (Fsp3) is 0.476. The zero-order valence-electron chi connectivity index (χ0n) is 15.7. The van der Waals surface area contributed by atoms with E-state index in [0.717, 1.165) is 12.0 Å². The van der Waals surface area contributed by atoms with Crippen LogP contribution in [-0.2, 0) is 6.42 Å². The van der Waals surface area contributed by atoms with Crippen molar-refractivity contribution in [3.63, 3.8) is 0 Å². The van der Waals surface area contributed by atoms with Crippen LogP contribution in [0.3, 0.4) is 0 Å². The highest BCUT2D eigenvalue weighted by molar-refractivity contribution is 5.92. The summed E-state index contributed by atoms with van der Waals surface area (Å²) in [6.07, 6.45) is 7.40. The number of ether oxygens (including phenoxy) is 1. The van der Waals surface area contributed by atoms with Crippen molar-refractivity contribution in [3.05, 3.63) is 54.0 Å². The molecular formula is C21H25F2N3O2. The summed E-state index contributed by atoms with van der Waals surface area (Å²) in [5.74, 6) is 0.315. The standard InChI is InChI=1S/C21H25F2N3O2/c22-19(23)14-28-20-7-3-6-18(26-20)21(27)25-17(12-15-4-1-2-5-15)13-16-8-10-24-11-9-16/h3,6-11,15,17,19H,1-2,4-5,12-14H2,(H,25,27)/t17-/m0/s1. The van der Waals surface area contributed by atoms with Gasteiger partial charge < -0.3 is 10.1 Å². The average Bonchev–Trinajstić information content (AvgIpc) is 3.20. The predicted octanol–water partition coefficient (Wildman–Crippen LogP) is 4.04. The van der Waals surface area contributed by atoms with E-state index in [-0.39, 0.29) is 23.5 Å². The van der Waals surface area contributed by atoms with Gasteiger partial charge in [0.1, 0.15) is 5.69 Å². The monoisotopic (exact) mass is 389 g/mol. The molecule has 2 heterocycles. The van der Waals surface area contributed by atoms with Crippen LogP contribution in [0.25, 0.3) is 0 Å². The summed E-state index contributed by atoms with van der Waals surface area (Å²) in [7, 11) is 0. The number of halogens is 2. The maximum Gasteiger partial charge on any atom is 0.272 e. The van der Waals surface area contributed by atoms with Crippen LogP contribution in [0, 0.1) is 5.92 Å². The normalized spacial score (nSPS) is 15.5. The van der Waals surface area contributed by atoms with Gasteiger partial charge in [-0.15, -0.1) is 0 Å². The molecular weight excluding hydrogens is 364 g/mol. The molecule has 1 aliphatic rings. The summed E-state index contributed by atoms with van der Waals surface area (Å²) in [5, 5.41) is 3.08. The van der Waals surface area contributed by atoms with Crippen LogP contribution in [0.2, 0.25) is 0 Å². The van der Waals surface area contributed by atoms with Crippen LogP contribution >= 0.6 is 0 Å². The van der Waals surface area contributed by atoms with Crippen molar-refractivity contribution in [1.29, 1.82) is 0 Å². The summed E-state index contributed by atoms with van der Waals surface area (Å²) in [4.78, 5) is 20.8. The Bertz CT molecular complexity index is 752. The van der Waals surface area contributed by atoms with Crippen LogP contribution in [0.5, 0.6) is 5.88 Å². The highest BCUT2D eigenvalue weighted by Gasteiger charge is 2.23. The van der Waals surface area contributed by atoms with Gasteiger partial charge in [0.15, 0.2) is 6.61 Å². The SMILES string of the molecule is O=C(N[C@H](Cc1ccncc1)CC1CCCC1)c1cccc(OCC(F)F)n1. The van der Waals surface area contributed by atoms with Crippen LogP contribution in [0.4, 0.5) is 8.78 Å². The van der Waals surface area contributed by atoms with Gasteiger partial charge in [0, 0.05) is 24.5 Å². The van der Waals surface area contributed by atoms with Crippen molar-refractivity contribution in [2.45, 2.75) is 51.0 Å². The number of rotatable bonds is 9. The second-order valence-corrected chi connectivity index (χ2v) is 7.18. The van der Waals surface area contributed by atoms with Gasteiger partial charge in [0.05, 0.1) is 0 Å². The molecule has 3 rings (SSSR count). The van der Waals surface area contributed by atoms with Crippen LogP contribution in [0.1, 0.15) is 48.2 Å². The molecule has 7 heteroatoms. The number of aromatic nitrogens is 2. The molecule has 5 nitrogen and oxygen atoms in total. The fourth-order valence-electron chi connectivity index (χ4n) is 3.67. The van der Waals surface area contributed by atoms with Crippen molar-refractivity contribution in [2.24, 2.45) is 5.92 Å². The molecule has 0 bridgehead atoms. The molecule has 1 saturated carbocycles. The lowest BCUT2D eigenvalue weighted by molar-refractivity contribution is 0.0792. The van der Waals surface area contributed by atoms with E-state index in [1.165, 1.54) is 31.7 Å². The third-order valence-corrected chi connectivity index (χ3v) is 4.97. The highest BCUT2D eigenvalue weighted by atomic mass is 19.3. The van der Waals surface area contributed by atoms with Gasteiger partial charge in [-0.2, -0.15) is 0 Å². The lowest BCUT2D eigenvalue weighted by Gasteiger charge is -2.22. The number of alkyl halides is 2. The zero-order chi connectivity index (χ0) is 19.8. The van der Waals surface area contributed by atoms with Gasteiger partial charge in [-0.3, -0.25) is 9.78 Å². The molecule has 0 saturated heterocycles. The van der Waals surface area contributed by atoms with E-state index in [9.17, 15) is 13.6 Å². The molecule has 150 valence electrons. The summed E-state index contributed by atoms with van der Waals surface area (Å²) in [6, 6.07) is 8.48. The van der Waals surface area contributed by atoms with Crippen molar-refractivity contribution in [2.75, 3.05) is 6.61 Å². The van der Waals surface area contributed by atoms with Gasteiger partial charge in [-0.25, -0.2) is 13.8 Å². The minimum absolute atomic E-state index is 0.0226. The smallest absolute Gasteiger partial charge is 0.272 e. The number of carbonyl (C=O) groups excluding carboxylic acids is 1. The molecule has 1 aliphatic carbocycles. The minimum Gasteiger partial charge on any atom is -0.472 e. The first-order valence-electron chi connectivity index (χ1n) is 9.68. The molecule has 1 N–H and O–H groups in total. The second kappa shape index (κ2) is 10.1. The first kappa shape index (κ1) is 20.2. The molecule has 1 atom stereocenters. The molecule has 0 unspecified atom stereocenters.